The van der Waals surface area contributed by atoms with Crippen molar-refractivity contribution >= 4 is 0 Å². The predicted molar refractivity (Wildman–Crippen MR) is 77.7 cm³/mol. The Bertz CT molecular complexity index is 443. The Morgan fingerprint density at radius 3 is 2.11 bits per heavy atom. The van der Waals surface area contributed by atoms with Crippen molar-refractivity contribution in [1.29, 1.82) is 0 Å². The van der Waals surface area contributed by atoms with Crippen LogP contribution in [0.3, 0.4) is 0 Å². The van der Waals surface area contributed by atoms with Crippen molar-refractivity contribution in [1.82, 2.24) is 0 Å². The number of rotatable bonds is 2. The van der Waals surface area contributed by atoms with Crippen LogP contribution in [0.2, 0.25) is 0 Å². The van der Waals surface area contributed by atoms with Gasteiger partial charge in [-0.3, -0.25) is 0 Å². The van der Waals surface area contributed by atoms with Crippen LogP contribution < -0.4 is 0 Å². The van der Waals surface area contributed by atoms with Crippen molar-refractivity contribution in [2.24, 2.45) is 5.92 Å². The molecule has 0 amide bonds. The third-order valence-corrected chi connectivity index (χ3v) is 4.76. The van der Waals surface area contributed by atoms with Crippen LogP contribution in [0.25, 0.3) is 0 Å². The molecule has 0 unspecified atom stereocenters. The van der Waals surface area contributed by atoms with E-state index >= 15 is 0 Å². The molecule has 3 rings (SSSR count). The molecule has 1 aromatic carbocycles. The van der Waals surface area contributed by atoms with Crippen LogP contribution in [0.1, 0.15) is 43.2 Å². The van der Waals surface area contributed by atoms with Crippen LogP contribution in [0, 0.1) is 12.8 Å². The summed E-state index contributed by atoms with van der Waals surface area (Å²) >= 11 is 0. The number of allylic oxidation sites excluding steroid dienone is 4. The van der Waals surface area contributed by atoms with Crippen LogP contribution in [-0.4, -0.2) is 0 Å². The second-order valence-corrected chi connectivity index (χ2v) is 5.88. The standard InChI is InChI=1S/C18H22/c1-15-9-11-17(12-10-15)18(13-5-2-6-14-18)16-7-3-4-8-16/h3-4,7-12,16H,2,5-6,13-14H2,1H3. The fourth-order valence-electron chi connectivity index (χ4n) is 3.68. The number of aryl methyl sites for hydroxylation is 1. The van der Waals surface area contributed by atoms with Crippen molar-refractivity contribution < 1.29 is 0 Å². The molecule has 0 bridgehead atoms. The highest BCUT2D eigenvalue weighted by atomic mass is 14.4. The first-order valence-corrected chi connectivity index (χ1v) is 7.23. The molecule has 2 aliphatic carbocycles. The summed E-state index contributed by atoms with van der Waals surface area (Å²) in [5.74, 6) is 0.612. The highest BCUT2D eigenvalue weighted by Crippen LogP contribution is 2.47. The first-order chi connectivity index (χ1) is 8.81. The molecule has 0 N–H and O–H groups in total. The lowest BCUT2D eigenvalue weighted by molar-refractivity contribution is 0.253. The second kappa shape index (κ2) is 4.76. The summed E-state index contributed by atoms with van der Waals surface area (Å²) in [5.41, 5.74) is 3.28. The fraction of sp³-hybridized carbons (Fsp3) is 0.444. The molecule has 0 aromatic heterocycles. The van der Waals surface area contributed by atoms with Crippen LogP contribution in [0.4, 0.5) is 0 Å². The van der Waals surface area contributed by atoms with Gasteiger partial charge in [-0.2, -0.15) is 0 Å². The van der Waals surface area contributed by atoms with Gasteiger partial charge in [-0.25, -0.2) is 0 Å². The van der Waals surface area contributed by atoms with Crippen LogP contribution >= 0.6 is 0 Å². The average Bonchev–Trinajstić information content (AvgIpc) is 2.95. The van der Waals surface area contributed by atoms with E-state index in [2.05, 4.69) is 55.5 Å². The Morgan fingerprint density at radius 1 is 0.889 bits per heavy atom. The molecule has 0 nitrogen and oxygen atoms in total. The maximum Gasteiger partial charge on any atom is 0.00506 e. The Labute approximate surface area is 110 Å². The summed E-state index contributed by atoms with van der Waals surface area (Å²) in [6.07, 6.45) is 16.1. The summed E-state index contributed by atoms with van der Waals surface area (Å²) in [6, 6.07) is 9.27. The van der Waals surface area contributed by atoms with Gasteiger partial charge in [0.2, 0.25) is 0 Å². The SMILES string of the molecule is Cc1ccc(C2(C3C=CC=C3)CCCCC2)cc1. The topological polar surface area (TPSA) is 0 Å². The molecular formula is C18H22. The van der Waals surface area contributed by atoms with Crippen LogP contribution in [-0.2, 0) is 5.41 Å². The molecule has 0 atom stereocenters. The molecule has 0 heteroatoms. The molecule has 1 saturated carbocycles. The van der Waals surface area contributed by atoms with Gasteiger partial charge >= 0.3 is 0 Å². The largest absolute Gasteiger partial charge is 0.0767 e. The maximum absolute atomic E-state index is 2.39. The van der Waals surface area contributed by atoms with Gasteiger partial charge < -0.3 is 0 Å². The molecule has 2 aliphatic rings. The fourth-order valence-corrected chi connectivity index (χ4v) is 3.68. The Balaban J connectivity index is 2.01. The lowest BCUT2D eigenvalue weighted by Gasteiger charge is -2.41. The Hall–Kier alpha value is -1.30. The second-order valence-electron chi connectivity index (χ2n) is 5.88. The average molecular weight is 238 g/mol. The maximum atomic E-state index is 2.39. The third-order valence-electron chi connectivity index (χ3n) is 4.76. The summed E-state index contributed by atoms with van der Waals surface area (Å²) < 4.78 is 0. The first-order valence-electron chi connectivity index (χ1n) is 7.23. The van der Waals surface area contributed by atoms with E-state index < -0.39 is 0 Å². The van der Waals surface area contributed by atoms with Gasteiger partial charge in [0, 0.05) is 11.3 Å². The monoisotopic (exact) mass is 238 g/mol. The van der Waals surface area contributed by atoms with Gasteiger partial charge in [-0.05, 0) is 25.3 Å². The third kappa shape index (κ3) is 1.94. The van der Waals surface area contributed by atoms with E-state index in [0.29, 0.717) is 11.3 Å². The quantitative estimate of drug-likeness (QED) is 0.684. The number of hydrogen-bond donors (Lipinski definition) is 0. The molecule has 94 valence electrons. The van der Waals surface area contributed by atoms with Gasteiger partial charge in [-0.1, -0.05) is 73.4 Å². The summed E-state index contributed by atoms with van der Waals surface area (Å²) in [4.78, 5) is 0. The van der Waals surface area contributed by atoms with Gasteiger partial charge in [-0.15, -0.1) is 0 Å². The molecule has 0 aliphatic heterocycles. The smallest absolute Gasteiger partial charge is 0.00506 e. The van der Waals surface area contributed by atoms with Gasteiger partial charge in [0.05, 0.1) is 0 Å². The Kier molecular flexibility index (Phi) is 3.11. The van der Waals surface area contributed by atoms with Crippen molar-refractivity contribution in [3.63, 3.8) is 0 Å². The van der Waals surface area contributed by atoms with Gasteiger partial charge in [0.15, 0.2) is 0 Å². The zero-order chi connectivity index (χ0) is 12.4. The van der Waals surface area contributed by atoms with Crippen molar-refractivity contribution in [2.45, 2.75) is 44.4 Å². The number of hydrogen-bond acceptors (Lipinski definition) is 0. The molecule has 1 fully saturated rings. The molecule has 1 aromatic rings. The highest BCUT2D eigenvalue weighted by Gasteiger charge is 2.39. The summed E-state index contributed by atoms with van der Waals surface area (Å²) in [6.45, 7) is 2.17. The van der Waals surface area contributed by atoms with Crippen molar-refractivity contribution in [2.75, 3.05) is 0 Å². The minimum atomic E-state index is 0.370. The van der Waals surface area contributed by atoms with E-state index in [4.69, 9.17) is 0 Å². The van der Waals surface area contributed by atoms with E-state index in [0.717, 1.165) is 0 Å². The van der Waals surface area contributed by atoms with E-state index in [-0.39, 0.29) is 0 Å². The van der Waals surface area contributed by atoms with Crippen LogP contribution in [0.15, 0.2) is 48.6 Å². The molecular weight excluding hydrogens is 216 g/mol. The van der Waals surface area contributed by atoms with E-state index in [9.17, 15) is 0 Å². The highest BCUT2D eigenvalue weighted by molar-refractivity contribution is 5.35. The summed E-state index contributed by atoms with van der Waals surface area (Å²) in [5, 5.41) is 0. The first kappa shape index (κ1) is 11.8. The normalized spacial score (nSPS) is 22.5. The zero-order valence-corrected chi connectivity index (χ0v) is 11.2. The van der Waals surface area contributed by atoms with E-state index in [1.54, 1.807) is 5.56 Å². The molecule has 0 heterocycles. The lowest BCUT2D eigenvalue weighted by atomic mass is 9.62. The van der Waals surface area contributed by atoms with Crippen LogP contribution in [0.5, 0.6) is 0 Å². The van der Waals surface area contributed by atoms with Crippen molar-refractivity contribution in [3.8, 4) is 0 Å². The van der Waals surface area contributed by atoms with E-state index in [1.165, 1.54) is 37.7 Å². The molecule has 18 heavy (non-hydrogen) atoms. The van der Waals surface area contributed by atoms with Gasteiger partial charge in [0.1, 0.15) is 0 Å². The zero-order valence-electron chi connectivity index (χ0n) is 11.2. The summed E-state index contributed by atoms with van der Waals surface area (Å²) in [7, 11) is 0. The predicted octanol–water partition coefficient (Wildman–Crippen LogP) is 4.94. The van der Waals surface area contributed by atoms with E-state index in [1.807, 2.05) is 0 Å². The number of benzene rings is 1. The minimum absolute atomic E-state index is 0.370. The van der Waals surface area contributed by atoms with Crippen molar-refractivity contribution in [3.05, 3.63) is 59.7 Å². The van der Waals surface area contributed by atoms with Gasteiger partial charge in [0.25, 0.3) is 0 Å². The molecule has 0 saturated heterocycles. The molecule has 0 radical (unpaired) electrons. The Morgan fingerprint density at radius 2 is 1.50 bits per heavy atom. The minimum Gasteiger partial charge on any atom is -0.0767 e. The lowest BCUT2D eigenvalue weighted by Crippen LogP contribution is -2.35. The molecule has 0 spiro atoms.